The summed E-state index contributed by atoms with van der Waals surface area (Å²) in [5, 5.41) is 4.09. The molecule has 0 unspecified atom stereocenters. The molecule has 2 rings (SSSR count). The van der Waals surface area contributed by atoms with Crippen LogP contribution in [-0.2, 0) is 4.79 Å². The molecule has 1 aromatic carbocycles. The summed E-state index contributed by atoms with van der Waals surface area (Å²) < 4.78 is 37.8. The van der Waals surface area contributed by atoms with Gasteiger partial charge in [-0.3, -0.25) is 4.79 Å². The summed E-state index contributed by atoms with van der Waals surface area (Å²) in [6.45, 7) is 0. The molecule has 90 valence electrons. The third kappa shape index (κ3) is 2.26. The molecule has 0 spiro atoms. The number of benzene rings is 1. The minimum absolute atomic E-state index is 0.0764. The highest BCUT2D eigenvalue weighted by Gasteiger charge is 2.30. The van der Waals surface area contributed by atoms with Crippen LogP contribution in [0.4, 0.5) is 18.9 Å². The average molecular weight is 263 g/mol. The number of rotatable bonds is 2. The number of hydrogen-bond acceptors (Lipinski definition) is 2. The number of amides is 1. The molecule has 1 heterocycles. The van der Waals surface area contributed by atoms with E-state index in [1.165, 1.54) is 12.1 Å². The van der Waals surface area contributed by atoms with E-state index in [1.807, 2.05) is 0 Å². The van der Waals surface area contributed by atoms with Crippen molar-refractivity contribution in [1.29, 1.82) is 0 Å². The second-order valence-corrected chi connectivity index (χ2v) is 3.78. The Morgan fingerprint density at radius 1 is 1.41 bits per heavy atom. The maximum Gasteiger partial charge on any atom is 0.278 e. The van der Waals surface area contributed by atoms with Gasteiger partial charge in [-0.25, -0.2) is 18.2 Å². The zero-order chi connectivity index (χ0) is 12.6. The lowest BCUT2D eigenvalue weighted by Gasteiger charge is -2.11. The maximum atomic E-state index is 13.1. The van der Waals surface area contributed by atoms with Crippen LogP contribution in [0, 0.1) is 5.82 Å². The molecule has 7 heteroatoms. The molecule has 1 aliphatic rings. The van der Waals surface area contributed by atoms with E-state index in [0.29, 0.717) is 0 Å². The number of nitrogens with zero attached hydrogens (tertiary/aromatic N) is 2. The molecule has 0 saturated carbocycles. The van der Waals surface area contributed by atoms with Gasteiger partial charge < -0.3 is 0 Å². The van der Waals surface area contributed by atoms with Crippen molar-refractivity contribution in [1.82, 2.24) is 0 Å². The van der Waals surface area contributed by atoms with Crippen molar-refractivity contribution in [3.63, 3.8) is 0 Å². The van der Waals surface area contributed by atoms with Gasteiger partial charge in [-0.15, -0.1) is 0 Å². The van der Waals surface area contributed by atoms with Crippen LogP contribution < -0.4 is 5.01 Å². The molecule has 1 aliphatic heterocycles. The smallest absolute Gasteiger partial charge is 0.272 e. The predicted molar refractivity (Wildman–Crippen MR) is 57.0 cm³/mol. The summed E-state index contributed by atoms with van der Waals surface area (Å²) in [5.74, 6) is -1.36. The van der Waals surface area contributed by atoms with Crippen molar-refractivity contribution >= 4 is 28.9 Å². The van der Waals surface area contributed by atoms with Gasteiger partial charge in [0.25, 0.3) is 12.3 Å². The molecule has 3 nitrogen and oxygen atoms in total. The summed E-state index contributed by atoms with van der Waals surface area (Å²) in [6, 6.07) is 3.54. The van der Waals surface area contributed by atoms with E-state index in [4.69, 9.17) is 11.6 Å². The van der Waals surface area contributed by atoms with Crippen LogP contribution in [-0.4, -0.2) is 18.0 Å². The van der Waals surface area contributed by atoms with Crippen molar-refractivity contribution in [2.75, 3.05) is 5.01 Å². The fourth-order valence-electron chi connectivity index (χ4n) is 1.39. The zero-order valence-corrected chi connectivity index (χ0v) is 9.09. The second kappa shape index (κ2) is 4.37. The third-order valence-electron chi connectivity index (χ3n) is 2.20. The molecule has 0 saturated heterocycles. The Morgan fingerprint density at radius 3 is 2.65 bits per heavy atom. The number of carbonyl (C=O) groups excluding carboxylic acids is 1. The predicted octanol–water partition coefficient (Wildman–Crippen LogP) is 2.84. The summed E-state index contributed by atoms with van der Waals surface area (Å²) in [7, 11) is 0. The van der Waals surface area contributed by atoms with Gasteiger partial charge in [0, 0.05) is 6.07 Å². The van der Waals surface area contributed by atoms with Crippen molar-refractivity contribution in [3.8, 4) is 0 Å². The molecule has 0 aliphatic carbocycles. The first-order valence-corrected chi connectivity index (χ1v) is 5.00. The van der Waals surface area contributed by atoms with Gasteiger partial charge in [0.05, 0.1) is 17.1 Å². The summed E-state index contributed by atoms with van der Waals surface area (Å²) in [4.78, 5) is 11.4. The standard InChI is InChI=1S/C10H6ClF3N2O/c11-6-2-1-5(3-7(6)12)16-9(17)4-8(15-16)10(13)14/h1-3,10H,4H2. The SMILES string of the molecule is O=C1CC(C(F)F)=NN1c1ccc(Cl)c(F)c1. The van der Waals surface area contributed by atoms with Crippen LogP contribution >= 0.6 is 11.6 Å². The molecule has 0 fully saturated rings. The van der Waals surface area contributed by atoms with E-state index in [-0.39, 0.29) is 10.7 Å². The highest BCUT2D eigenvalue weighted by molar-refractivity contribution is 6.30. The fourth-order valence-corrected chi connectivity index (χ4v) is 1.51. The van der Waals surface area contributed by atoms with Crippen molar-refractivity contribution < 1.29 is 18.0 Å². The van der Waals surface area contributed by atoms with Crippen LogP contribution in [0.2, 0.25) is 5.02 Å². The van der Waals surface area contributed by atoms with Gasteiger partial charge in [0.2, 0.25) is 0 Å². The number of anilines is 1. The highest BCUT2D eigenvalue weighted by Crippen LogP contribution is 2.26. The zero-order valence-electron chi connectivity index (χ0n) is 8.33. The molecule has 1 amide bonds. The lowest BCUT2D eigenvalue weighted by molar-refractivity contribution is -0.117. The van der Waals surface area contributed by atoms with Crippen LogP contribution in [0.15, 0.2) is 23.3 Å². The number of hydrogen-bond donors (Lipinski definition) is 0. The first kappa shape index (κ1) is 11.9. The lowest BCUT2D eigenvalue weighted by Crippen LogP contribution is -2.19. The van der Waals surface area contributed by atoms with E-state index < -0.39 is 30.3 Å². The summed E-state index contributed by atoms with van der Waals surface area (Å²) >= 11 is 5.47. The normalized spacial score (nSPS) is 15.7. The van der Waals surface area contributed by atoms with Crippen molar-refractivity contribution in [2.24, 2.45) is 5.10 Å². The average Bonchev–Trinajstić information content (AvgIpc) is 2.65. The largest absolute Gasteiger partial charge is 0.278 e. The number of halogens is 4. The van der Waals surface area contributed by atoms with Crippen LogP contribution in [0.5, 0.6) is 0 Å². The van der Waals surface area contributed by atoms with Gasteiger partial charge >= 0.3 is 0 Å². The number of hydrazone groups is 1. The minimum atomic E-state index is -2.79. The Labute approximate surface area is 99.5 Å². The third-order valence-corrected chi connectivity index (χ3v) is 2.50. The van der Waals surface area contributed by atoms with Gasteiger partial charge in [0.1, 0.15) is 11.5 Å². The van der Waals surface area contributed by atoms with Crippen LogP contribution in [0.25, 0.3) is 0 Å². The van der Waals surface area contributed by atoms with E-state index >= 15 is 0 Å². The van der Waals surface area contributed by atoms with E-state index in [9.17, 15) is 18.0 Å². The quantitative estimate of drug-likeness (QED) is 0.807. The molecule has 1 aromatic rings. The summed E-state index contributed by atoms with van der Waals surface area (Å²) in [5.41, 5.74) is -0.446. The Bertz CT molecular complexity index is 504. The number of alkyl halides is 2. The first-order chi connectivity index (χ1) is 7.99. The topological polar surface area (TPSA) is 32.7 Å². The maximum absolute atomic E-state index is 13.1. The van der Waals surface area contributed by atoms with Crippen LogP contribution in [0.1, 0.15) is 6.42 Å². The monoisotopic (exact) mass is 262 g/mol. The Kier molecular flexibility index (Phi) is 3.06. The Hall–Kier alpha value is -1.56. The van der Waals surface area contributed by atoms with Crippen molar-refractivity contribution in [3.05, 3.63) is 29.0 Å². The molecule has 0 N–H and O–H groups in total. The molecule has 0 bridgehead atoms. The molecule has 0 aromatic heterocycles. The summed E-state index contributed by atoms with van der Waals surface area (Å²) in [6.07, 6.45) is -3.25. The minimum Gasteiger partial charge on any atom is -0.272 e. The van der Waals surface area contributed by atoms with Gasteiger partial charge in [-0.05, 0) is 12.1 Å². The van der Waals surface area contributed by atoms with Gasteiger partial charge in [-0.1, -0.05) is 11.6 Å². The number of carbonyl (C=O) groups is 1. The Morgan fingerprint density at radius 2 is 2.12 bits per heavy atom. The molecule has 17 heavy (non-hydrogen) atoms. The molecule has 0 atom stereocenters. The highest BCUT2D eigenvalue weighted by atomic mass is 35.5. The molecule has 0 radical (unpaired) electrons. The van der Waals surface area contributed by atoms with Crippen molar-refractivity contribution in [2.45, 2.75) is 12.8 Å². The van der Waals surface area contributed by atoms with Crippen LogP contribution in [0.3, 0.4) is 0 Å². The van der Waals surface area contributed by atoms with Gasteiger partial charge in [-0.2, -0.15) is 5.10 Å². The fraction of sp³-hybridized carbons (Fsp3) is 0.200. The van der Waals surface area contributed by atoms with E-state index in [1.54, 1.807) is 0 Å². The lowest BCUT2D eigenvalue weighted by atomic mass is 10.2. The van der Waals surface area contributed by atoms with Gasteiger partial charge in [0.15, 0.2) is 0 Å². The first-order valence-electron chi connectivity index (χ1n) is 4.62. The second-order valence-electron chi connectivity index (χ2n) is 3.37. The Balaban J connectivity index is 2.34. The molecular weight excluding hydrogens is 257 g/mol. The van der Waals surface area contributed by atoms with E-state index in [0.717, 1.165) is 11.1 Å². The van der Waals surface area contributed by atoms with E-state index in [2.05, 4.69) is 5.10 Å². The molecular formula is C10H6ClF3N2O.